The molecule has 0 unspecified atom stereocenters. The number of benzene rings is 1. The molecule has 0 fully saturated rings. The van der Waals surface area contributed by atoms with Gasteiger partial charge in [0, 0.05) is 5.39 Å². The van der Waals surface area contributed by atoms with Gasteiger partial charge in [-0.1, -0.05) is 11.6 Å². The molecule has 0 saturated carbocycles. The SMILES string of the molecule is Fc1cc2ccc(Cl)nc2c(F)c1F. The number of hydrogen-bond donors (Lipinski definition) is 0. The molecule has 0 atom stereocenters. The Morgan fingerprint density at radius 3 is 2.50 bits per heavy atom. The maximum absolute atomic E-state index is 13.1. The van der Waals surface area contributed by atoms with Gasteiger partial charge in [0.2, 0.25) is 0 Å². The molecule has 1 heterocycles. The highest BCUT2D eigenvalue weighted by Crippen LogP contribution is 2.22. The maximum Gasteiger partial charge on any atom is 0.196 e. The third kappa shape index (κ3) is 1.32. The third-order valence-corrected chi connectivity index (χ3v) is 2.00. The number of pyridine rings is 1. The van der Waals surface area contributed by atoms with Crippen LogP contribution in [0, 0.1) is 17.5 Å². The molecule has 1 aromatic heterocycles. The van der Waals surface area contributed by atoms with Gasteiger partial charge in [-0.2, -0.15) is 0 Å². The van der Waals surface area contributed by atoms with Crippen molar-refractivity contribution in [2.45, 2.75) is 0 Å². The van der Waals surface area contributed by atoms with Gasteiger partial charge in [0.1, 0.15) is 10.7 Å². The lowest BCUT2D eigenvalue weighted by molar-refractivity contribution is 0.452. The Balaban J connectivity index is 2.92. The normalized spacial score (nSPS) is 10.9. The Bertz CT molecular complexity index is 513. The minimum Gasteiger partial charge on any atom is -0.233 e. The molecule has 0 amide bonds. The van der Waals surface area contributed by atoms with Crippen LogP contribution in [0.3, 0.4) is 0 Å². The van der Waals surface area contributed by atoms with Crippen LogP contribution in [0.2, 0.25) is 5.15 Å². The molecule has 0 bridgehead atoms. The largest absolute Gasteiger partial charge is 0.233 e. The summed E-state index contributed by atoms with van der Waals surface area (Å²) in [7, 11) is 0. The number of halogens is 4. The summed E-state index contributed by atoms with van der Waals surface area (Å²) in [6.45, 7) is 0. The summed E-state index contributed by atoms with van der Waals surface area (Å²) in [5, 5.41) is 0.202. The third-order valence-electron chi connectivity index (χ3n) is 1.78. The zero-order valence-electron chi connectivity index (χ0n) is 6.69. The van der Waals surface area contributed by atoms with Gasteiger partial charge in [-0.3, -0.25) is 0 Å². The van der Waals surface area contributed by atoms with Gasteiger partial charge in [-0.05, 0) is 18.2 Å². The van der Waals surface area contributed by atoms with Crippen LogP contribution in [-0.2, 0) is 0 Å². The first-order chi connectivity index (χ1) is 6.59. The van der Waals surface area contributed by atoms with Gasteiger partial charge in [-0.25, -0.2) is 18.2 Å². The van der Waals surface area contributed by atoms with Crippen LogP contribution in [0.5, 0.6) is 0 Å². The van der Waals surface area contributed by atoms with E-state index in [4.69, 9.17) is 11.6 Å². The first-order valence-corrected chi connectivity index (χ1v) is 4.07. The Kier molecular flexibility index (Phi) is 2.07. The molecule has 2 aromatic rings. The topological polar surface area (TPSA) is 12.9 Å². The van der Waals surface area contributed by atoms with Crippen molar-refractivity contribution in [3.8, 4) is 0 Å². The Labute approximate surface area is 82.1 Å². The summed E-state index contributed by atoms with van der Waals surface area (Å²) in [5.74, 6) is -4.09. The first-order valence-electron chi connectivity index (χ1n) is 3.69. The summed E-state index contributed by atoms with van der Waals surface area (Å²) < 4.78 is 38.6. The predicted octanol–water partition coefficient (Wildman–Crippen LogP) is 3.31. The standard InChI is InChI=1S/C9H3ClF3N/c10-6-2-1-4-3-5(11)7(12)8(13)9(4)14-6/h1-3H. The number of nitrogens with zero attached hydrogens (tertiary/aromatic N) is 1. The first kappa shape index (κ1) is 9.27. The van der Waals surface area contributed by atoms with Crippen molar-refractivity contribution in [1.29, 1.82) is 0 Å². The summed E-state index contributed by atoms with van der Waals surface area (Å²) in [6, 6.07) is 3.62. The van der Waals surface area contributed by atoms with Crippen LogP contribution in [-0.4, -0.2) is 4.98 Å². The lowest BCUT2D eigenvalue weighted by Gasteiger charge is -2.01. The van der Waals surface area contributed by atoms with Crippen LogP contribution >= 0.6 is 11.6 Å². The quantitative estimate of drug-likeness (QED) is 0.487. The van der Waals surface area contributed by atoms with E-state index in [1.165, 1.54) is 12.1 Å². The van der Waals surface area contributed by atoms with Crippen molar-refractivity contribution in [3.63, 3.8) is 0 Å². The maximum atomic E-state index is 13.1. The Morgan fingerprint density at radius 2 is 1.79 bits per heavy atom. The molecule has 72 valence electrons. The molecule has 0 saturated heterocycles. The minimum atomic E-state index is -1.53. The highest BCUT2D eigenvalue weighted by Gasteiger charge is 2.14. The average molecular weight is 218 g/mol. The number of hydrogen-bond acceptors (Lipinski definition) is 1. The van der Waals surface area contributed by atoms with E-state index in [0.717, 1.165) is 6.07 Å². The van der Waals surface area contributed by atoms with Crippen molar-refractivity contribution >= 4 is 22.5 Å². The van der Waals surface area contributed by atoms with E-state index in [1.807, 2.05) is 0 Å². The molecule has 1 nitrogen and oxygen atoms in total. The second-order valence-electron chi connectivity index (χ2n) is 2.69. The fourth-order valence-electron chi connectivity index (χ4n) is 1.15. The molecular formula is C9H3ClF3N. The van der Waals surface area contributed by atoms with Crippen molar-refractivity contribution in [2.75, 3.05) is 0 Å². The number of rotatable bonds is 0. The molecule has 2 rings (SSSR count). The average Bonchev–Trinajstić information content (AvgIpc) is 2.16. The van der Waals surface area contributed by atoms with Crippen LogP contribution < -0.4 is 0 Å². The number of aromatic nitrogens is 1. The summed E-state index contributed by atoms with van der Waals surface area (Å²) >= 11 is 5.49. The van der Waals surface area contributed by atoms with E-state index < -0.39 is 17.5 Å². The van der Waals surface area contributed by atoms with Crippen molar-refractivity contribution in [3.05, 3.63) is 40.8 Å². The van der Waals surface area contributed by atoms with E-state index in [-0.39, 0.29) is 16.1 Å². The fraction of sp³-hybridized carbons (Fsp3) is 0. The second kappa shape index (κ2) is 3.13. The van der Waals surface area contributed by atoms with Crippen LogP contribution in [0.15, 0.2) is 18.2 Å². The highest BCUT2D eigenvalue weighted by molar-refractivity contribution is 6.29. The molecule has 0 N–H and O–H groups in total. The smallest absolute Gasteiger partial charge is 0.196 e. The molecular weight excluding hydrogens is 215 g/mol. The molecule has 1 aromatic carbocycles. The minimum absolute atomic E-state index is 0.0300. The molecule has 14 heavy (non-hydrogen) atoms. The Morgan fingerprint density at radius 1 is 1.07 bits per heavy atom. The van der Waals surface area contributed by atoms with E-state index in [0.29, 0.717) is 0 Å². The molecule has 0 spiro atoms. The number of fused-ring (bicyclic) bond motifs is 1. The second-order valence-corrected chi connectivity index (χ2v) is 3.08. The van der Waals surface area contributed by atoms with Crippen molar-refractivity contribution < 1.29 is 13.2 Å². The highest BCUT2D eigenvalue weighted by atomic mass is 35.5. The summed E-state index contributed by atoms with van der Waals surface area (Å²) in [4.78, 5) is 3.56. The lowest BCUT2D eigenvalue weighted by atomic mass is 10.2. The van der Waals surface area contributed by atoms with Crippen molar-refractivity contribution in [2.24, 2.45) is 0 Å². The Hall–Kier alpha value is -1.29. The summed E-state index contributed by atoms with van der Waals surface area (Å²) in [6.07, 6.45) is 0. The van der Waals surface area contributed by atoms with Crippen LogP contribution in [0.1, 0.15) is 0 Å². The van der Waals surface area contributed by atoms with E-state index >= 15 is 0 Å². The van der Waals surface area contributed by atoms with E-state index in [2.05, 4.69) is 4.98 Å². The molecule has 5 heteroatoms. The predicted molar refractivity (Wildman–Crippen MR) is 46.6 cm³/mol. The van der Waals surface area contributed by atoms with E-state index in [1.54, 1.807) is 0 Å². The molecule has 0 aliphatic heterocycles. The van der Waals surface area contributed by atoms with Gasteiger partial charge in [0.05, 0.1) is 0 Å². The monoisotopic (exact) mass is 217 g/mol. The van der Waals surface area contributed by atoms with Gasteiger partial charge < -0.3 is 0 Å². The van der Waals surface area contributed by atoms with Crippen LogP contribution in [0.25, 0.3) is 10.9 Å². The van der Waals surface area contributed by atoms with Gasteiger partial charge >= 0.3 is 0 Å². The van der Waals surface area contributed by atoms with Gasteiger partial charge in [0.15, 0.2) is 17.5 Å². The molecule has 0 aliphatic rings. The summed E-state index contributed by atoms with van der Waals surface area (Å²) in [5.41, 5.74) is -0.267. The zero-order valence-corrected chi connectivity index (χ0v) is 7.45. The van der Waals surface area contributed by atoms with Crippen molar-refractivity contribution in [1.82, 2.24) is 4.98 Å². The van der Waals surface area contributed by atoms with Gasteiger partial charge in [-0.15, -0.1) is 0 Å². The lowest BCUT2D eigenvalue weighted by Crippen LogP contribution is -1.94. The fourth-order valence-corrected chi connectivity index (χ4v) is 1.29. The molecule has 0 radical (unpaired) electrons. The van der Waals surface area contributed by atoms with Gasteiger partial charge in [0.25, 0.3) is 0 Å². The molecule has 0 aliphatic carbocycles. The van der Waals surface area contributed by atoms with E-state index in [9.17, 15) is 13.2 Å². The zero-order chi connectivity index (χ0) is 10.3. The van der Waals surface area contributed by atoms with Crippen LogP contribution in [0.4, 0.5) is 13.2 Å².